The van der Waals surface area contributed by atoms with Gasteiger partial charge in [-0.25, -0.2) is 15.0 Å². The largest absolute Gasteiger partial charge is 0.353 e. The van der Waals surface area contributed by atoms with Crippen molar-refractivity contribution < 1.29 is 0 Å². The predicted octanol–water partition coefficient (Wildman–Crippen LogP) is 2.41. The van der Waals surface area contributed by atoms with Crippen molar-refractivity contribution in [2.24, 2.45) is 10.9 Å². The fraction of sp³-hybridized carbons (Fsp3) is 0.455. The Hall–Kier alpha value is -3.16. The molecule has 0 amide bonds. The zero-order chi connectivity index (χ0) is 20.5. The number of fused-ring (bicyclic) bond motifs is 1. The minimum atomic E-state index is -0.212. The molecule has 8 nitrogen and oxygen atoms in total. The third-order valence-electron chi connectivity index (χ3n) is 6.11. The molecule has 30 heavy (non-hydrogen) atoms. The first kappa shape index (κ1) is 18.8. The highest BCUT2D eigenvalue weighted by Crippen LogP contribution is 2.34. The molecule has 3 aliphatic rings. The standard InChI is InChI=1S/C22H27N7O/c1-16-15-19(30)29-20(17-7-3-2-4-8-17)25-21(26-22(29)24-16)28-13-11-27(12-14-28)18-9-5-6-10-23-18/h2-3,5-6,9-10,15,17,20H,4,7-8,11-14H2,1H3,(H,24,25,26)/t17-,20-/m1/s1. The lowest BCUT2D eigenvalue weighted by molar-refractivity contribution is 0.296. The Kier molecular flexibility index (Phi) is 4.98. The van der Waals surface area contributed by atoms with Crippen LogP contribution in [-0.2, 0) is 0 Å². The van der Waals surface area contributed by atoms with Gasteiger partial charge in [0.2, 0.25) is 11.9 Å². The van der Waals surface area contributed by atoms with Crippen molar-refractivity contribution in [1.82, 2.24) is 19.4 Å². The van der Waals surface area contributed by atoms with E-state index < -0.39 is 0 Å². The summed E-state index contributed by atoms with van der Waals surface area (Å²) in [5, 5.41) is 3.35. The molecule has 2 atom stereocenters. The van der Waals surface area contributed by atoms with Gasteiger partial charge in [0.15, 0.2) is 0 Å². The van der Waals surface area contributed by atoms with E-state index in [4.69, 9.17) is 4.99 Å². The Balaban J connectivity index is 1.40. The minimum Gasteiger partial charge on any atom is -0.353 e. The van der Waals surface area contributed by atoms with E-state index in [1.54, 1.807) is 10.6 Å². The first-order valence-corrected chi connectivity index (χ1v) is 10.7. The van der Waals surface area contributed by atoms with Gasteiger partial charge in [0.1, 0.15) is 12.0 Å². The third-order valence-corrected chi connectivity index (χ3v) is 6.11. The van der Waals surface area contributed by atoms with Crippen LogP contribution in [0, 0.1) is 12.8 Å². The van der Waals surface area contributed by atoms with Crippen LogP contribution in [0.25, 0.3) is 0 Å². The van der Waals surface area contributed by atoms with E-state index in [1.165, 1.54) is 0 Å². The van der Waals surface area contributed by atoms with Gasteiger partial charge in [-0.3, -0.25) is 14.7 Å². The van der Waals surface area contributed by atoms with Gasteiger partial charge in [-0.15, -0.1) is 0 Å². The number of anilines is 2. The minimum absolute atomic E-state index is 0.0349. The molecule has 0 bridgehead atoms. The van der Waals surface area contributed by atoms with Crippen LogP contribution in [-0.4, -0.2) is 51.6 Å². The third kappa shape index (κ3) is 3.58. The molecule has 0 radical (unpaired) electrons. The van der Waals surface area contributed by atoms with Crippen LogP contribution >= 0.6 is 0 Å². The molecular formula is C22H27N7O. The lowest BCUT2D eigenvalue weighted by atomic mass is 9.91. The predicted molar refractivity (Wildman–Crippen MR) is 118 cm³/mol. The summed E-state index contributed by atoms with van der Waals surface area (Å²) in [5.41, 5.74) is 0.689. The summed E-state index contributed by atoms with van der Waals surface area (Å²) in [4.78, 5) is 31.5. The maximum Gasteiger partial charge on any atom is 0.256 e. The van der Waals surface area contributed by atoms with Crippen LogP contribution in [0.5, 0.6) is 0 Å². The number of allylic oxidation sites excluding steroid dienone is 2. The van der Waals surface area contributed by atoms with Crippen molar-refractivity contribution in [3.63, 3.8) is 0 Å². The van der Waals surface area contributed by atoms with E-state index in [2.05, 4.69) is 37.2 Å². The van der Waals surface area contributed by atoms with Crippen LogP contribution in [0.1, 0.15) is 31.1 Å². The monoisotopic (exact) mass is 405 g/mol. The number of guanidine groups is 1. The van der Waals surface area contributed by atoms with E-state index in [1.807, 2.05) is 31.3 Å². The van der Waals surface area contributed by atoms with Gasteiger partial charge in [-0.1, -0.05) is 18.2 Å². The average Bonchev–Trinajstić information content (AvgIpc) is 2.79. The maximum absolute atomic E-state index is 12.8. The Bertz CT molecular complexity index is 1020. The normalized spacial score (nSPS) is 23.6. The molecule has 0 saturated carbocycles. The van der Waals surface area contributed by atoms with Gasteiger partial charge in [-0.2, -0.15) is 0 Å². The molecule has 4 heterocycles. The van der Waals surface area contributed by atoms with Crippen molar-refractivity contribution in [1.29, 1.82) is 0 Å². The number of nitrogens with zero attached hydrogens (tertiary/aromatic N) is 6. The topological polar surface area (TPSA) is 78.7 Å². The molecule has 2 aromatic heterocycles. The van der Waals surface area contributed by atoms with E-state index >= 15 is 0 Å². The second kappa shape index (κ2) is 7.93. The van der Waals surface area contributed by atoms with E-state index in [9.17, 15) is 4.79 Å². The first-order valence-electron chi connectivity index (χ1n) is 10.7. The Labute approximate surface area is 176 Å². The molecule has 2 aliphatic heterocycles. The Morgan fingerprint density at radius 3 is 2.67 bits per heavy atom. The second-order valence-electron chi connectivity index (χ2n) is 8.13. The highest BCUT2D eigenvalue weighted by molar-refractivity contribution is 5.93. The smallest absolute Gasteiger partial charge is 0.256 e. The number of aliphatic imine (C=N–C) groups is 1. The first-order chi connectivity index (χ1) is 14.7. The molecular weight excluding hydrogens is 378 g/mol. The lowest BCUT2D eigenvalue weighted by Crippen LogP contribution is -2.53. The SMILES string of the molecule is Cc1cc(=O)n2c(n1)NC(N1CCN(c3ccccn3)CC1)=N[C@H]2[C@@H]1CC=CCC1. The summed E-state index contributed by atoms with van der Waals surface area (Å²) in [6, 6.07) is 7.61. The Morgan fingerprint density at radius 1 is 1.10 bits per heavy atom. The van der Waals surface area contributed by atoms with Crippen LogP contribution in [0.4, 0.5) is 11.8 Å². The quantitative estimate of drug-likeness (QED) is 0.773. The molecule has 156 valence electrons. The number of rotatable bonds is 2. The van der Waals surface area contributed by atoms with Gasteiger partial charge in [0, 0.05) is 50.1 Å². The van der Waals surface area contributed by atoms with Crippen LogP contribution in [0.2, 0.25) is 0 Å². The lowest BCUT2D eigenvalue weighted by Gasteiger charge is -2.40. The fourth-order valence-electron chi connectivity index (χ4n) is 4.52. The van der Waals surface area contributed by atoms with E-state index in [-0.39, 0.29) is 11.7 Å². The van der Waals surface area contributed by atoms with E-state index in [0.717, 1.165) is 62.9 Å². The van der Waals surface area contributed by atoms with Crippen LogP contribution in [0.15, 0.2) is 52.4 Å². The number of piperazine rings is 1. The van der Waals surface area contributed by atoms with Gasteiger partial charge < -0.3 is 9.80 Å². The van der Waals surface area contributed by atoms with Crippen molar-refractivity contribution in [2.75, 3.05) is 36.4 Å². The molecule has 0 spiro atoms. The highest BCUT2D eigenvalue weighted by atomic mass is 16.1. The fourth-order valence-corrected chi connectivity index (χ4v) is 4.52. The summed E-state index contributed by atoms with van der Waals surface area (Å²) in [6.07, 6.45) is 9.06. The number of nitrogens with one attached hydrogen (secondary N) is 1. The van der Waals surface area contributed by atoms with Gasteiger partial charge in [-0.05, 0) is 38.3 Å². The molecule has 1 N–H and O–H groups in total. The van der Waals surface area contributed by atoms with Crippen LogP contribution in [0.3, 0.4) is 0 Å². The average molecular weight is 406 g/mol. The zero-order valence-corrected chi connectivity index (χ0v) is 17.2. The summed E-state index contributed by atoms with van der Waals surface area (Å²) in [7, 11) is 0. The van der Waals surface area contributed by atoms with Crippen molar-refractivity contribution in [3.8, 4) is 0 Å². The summed E-state index contributed by atoms with van der Waals surface area (Å²) in [5.74, 6) is 2.75. The molecule has 0 aromatic carbocycles. The number of hydrogen-bond donors (Lipinski definition) is 1. The number of aromatic nitrogens is 3. The van der Waals surface area contributed by atoms with Gasteiger partial charge in [0.25, 0.3) is 5.56 Å². The summed E-state index contributed by atoms with van der Waals surface area (Å²) in [6.45, 7) is 5.30. The molecule has 2 aromatic rings. The maximum atomic E-state index is 12.8. The Morgan fingerprint density at radius 2 is 1.93 bits per heavy atom. The van der Waals surface area contributed by atoms with Gasteiger partial charge >= 0.3 is 0 Å². The number of hydrogen-bond acceptors (Lipinski definition) is 7. The number of pyridine rings is 1. The molecule has 1 fully saturated rings. The second-order valence-corrected chi connectivity index (χ2v) is 8.13. The molecule has 1 aliphatic carbocycles. The summed E-state index contributed by atoms with van der Waals surface area (Å²) >= 11 is 0. The zero-order valence-electron chi connectivity index (χ0n) is 17.2. The van der Waals surface area contributed by atoms with Gasteiger partial charge in [0.05, 0.1) is 0 Å². The van der Waals surface area contributed by atoms with Crippen molar-refractivity contribution in [2.45, 2.75) is 32.4 Å². The highest BCUT2D eigenvalue weighted by Gasteiger charge is 2.32. The van der Waals surface area contributed by atoms with Crippen LogP contribution < -0.4 is 15.8 Å². The van der Waals surface area contributed by atoms with Crippen molar-refractivity contribution in [3.05, 3.63) is 58.7 Å². The molecule has 8 heteroatoms. The molecule has 1 saturated heterocycles. The van der Waals surface area contributed by atoms with E-state index in [0.29, 0.717) is 11.9 Å². The molecule has 5 rings (SSSR count). The molecule has 0 unspecified atom stereocenters. The van der Waals surface area contributed by atoms with Crippen molar-refractivity contribution >= 4 is 17.7 Å². The number of aryl methyl sites for hydroxylation is 1. The summed E-state index contributed by atoms with van der Waals surface area (Å²) < 4.78 is 1.74.